The first-order valence-electron chi connectivity index (χ1n) is 10.3. The topological polar surface area (TPSA) is 27.7 Å². The van der Waals surface area contributed by atoms with E-state index >= 15 is 0 Å². The van der Waals surface area contributed by atoms with Crippen LogP contribution < -0.4 is 19.4 Å². The molecule has 2 rings (SSSR count). The van der Waals surface area contributed by atoms with Gasteiger partial charge in [-0.1, -0.05) is 60.7 Å². The summed E-state index contributed by atoms with van der Waals surface area (Å²) in [6.45, 7) is 18.1. The number of methoxy groups -OCH3 is 2. The van der Waals surface area contributed by atoms with Gasteiger partial charge in [-0.25, -0.2) is 0 Å². The van der Waals surface area contributed by atoms with Crippen molar-refractivity contribution in [3.05, 3.63) is 47.5 Å². The molecular formula is C25H38O3Si. The SMILES string of the molecule is COc1ccc(OC)c([Si](C)(C)COc2cc(C(C)(C)C)cc(C(C)(C)C)c2)c1. The molecule has 0 heterocycles. The molecule has 0 atom stereocenters. The van der Waals surface area contributed by atoms with Crippen LogP contribution in [0.5, 0.6) is 17.2 Å². The third-order valence-electron chi connectivity index (χ3n) is 5.37. The summed E-state index contributed by atoms with van der Waals surface area (Å²) in [6, 6.07) is 12.7. The summed E-state index contributed by atoms with van der Waals surface area (Å²) in [4.78, 5) is 0. The Balaban J connectivity index is 2.37. The number of benzene rings is 2. The average Bonchev–Trinajstić information content (AvgIpc) is 2.64. The highest BCUT2D eigenvalue weighted by Crippen LogP contribution is 2.33. The van der Waals surface area contributed by atoms with Gasteiger partial charge in [0, 0.05) is 0 Å². The Morgan fingerprint density at radius 3 is 1.72 bits per heavy atom. The normalized spacial score (nSPS) is 12.6. The fraction of sp³-hybridized carbons (Fsp3) is 0.520. The number of rotatable bonds is 6. The van der Waals surface area contributed by atoms with Crippen molar-refractivity contribution in [3.63, 3.8) is 0 Å². The lowest BCUT2D eigenvalue weighted by Crippen LogP contribution is -2.48. The number of ether oxygens (including phenoxy) is 3. The zero-order valence-corrected chi connectivity index (χ0v) is 20.9. The second-order valence-corrected chi connectivity index (χ2v) is 15.1. The fourth-order valence-corrected chi connectivity index (χ4v) is 5.30. The highest BCUT2D eigenvalue weighted by molar-refractivity contribution is 6.90. The van der Waals surface area contributed by atoms with Crippen LogP contribution >= 0.6 is 0 Å². The van der Waals surface area contributed by atoms with Gasteiger partial charge in [0.2, 0.25) is 0 Å². The van der Waals surface area contributed by atoms with Gasteiger partial charge < -0.3 is 14.2 Å². The van der Waals surface area contributed by atoms with Crippen LogP contribution in [0.3, 0.4) is 0 Å². The third kappa shape index (κ3) is 5.78. The minimum atomic E-state index is -1.93. The van der Waals surface area contributed by atoms with E-state index in [0.717, 1.165) is 17.2 Å². The van der Waals surface area contributed by atoms with Crippen molar-refractivity contribution in [1.82, 2.24) is 0 Å². The van der Waals surface area contributed by atoms with Gasteiger partial charge in [-0.05, 0) is 57.5 Å². The zero-order chi connectivity index (χ0) is 22.0. The Kier molecular flexibility index (Phi) is 6.78. The molecule has 0 saturated carbocycles. The lowest BCUT2D eigenvalue weighted by atomic mass is 9.80. The van der Waals surface area contributed by atoms with Crippen LogP contribution in [-0.2, 0) is 10.8 Å². The van der Waals surface area contributed by atoms with Crippen molar-refractivity contribution in [2.24, 2.45) is 0 Å². The Hall–Kier alpha value is -1.94. The van der Waals surface area contributed by atoms with Crippen LogP contribution in [0.2, 0.25) is 13.1 Å². The van der Waals surface area contributed by atoms with E-state index in [2.05, 4.69) is 78.9 Å². The molecule has 0 aliphatic rings. The molecular weight excluding hydrogens is 376 g/mol. The number of hydrogen-bond acceptors (Lipinski definition) is 3. The molecule has 0 radical (unpaired) electrons. The van der Waals surface area contributed by atoms with Gasteiger partial charge in [-0.2, -0.15) is 0 Å². The molecule has 0 amide bonds. The van der Waals surface area contributed by atoms with E-state index in [4.69, 9.17) is 14.2 Å². The molecule has 2 aromatic rings. The molecule has 4 heteroatoms. The predicted molar refractivity (Wildman–Crippen MR) is 126 cm³/mol. The number of hydrogen-bond donors (Lipinski definition) is 0. The fourth-order valence-electron chi connectivity index (χ4n) is 3.23. The van der Waals surface area contributed by atoms with Crippen LogP contribution in [0, 0.1) is 0 Å². The maximum atomic E-state index is 6.44. The molecule has 0 fully saturated rings. The lowest BCUT2D eigenvalue weighted by molar-refractivity contribution is 0.374. The second-order valence-electron chi connectivity index (χ2n) is 10.5. The minimum absolute atomic E-state index is 0.0718. The predicted octanol–water partition coefficient (Wildman–Crippen LogP) is 5.83. The Morgan fingerprint density at radius 2 is 1.28 bits per heavy atom. The summed E-state index contributed by atoms with van der Waals surface area (Å²) in [6.07, 6.45) is 0.674. The first-order chi connectivity index (χ1) is 13.3. The molecule has 0 spiro atoms. The minimum Gasteiger partial charge on any atom is -0.497 e. The maximum absolute atomic E-state index is 6.44. The van der Waals surface area contributed by atoms with E-state index in [1.54, 1.807) is 14.2 Å². The summed E-state index contributed by atoms with van der Waals surface area (Å²) < 4.78 is 17.5. The first kappa shape index (κ1) is 23.3. The van der Waals surface area contributed by atoms with Crippen LogP contribution in [0.1, 0.15) is 52.7 Å². The van der Waals surface area contributed by atoms with Gasteiger partial charge in [0.15, 0.2) is 0 Å². The van der Waals surface area contributed by atoms with Crippen LogP contribution in [-0.4, -0.2) is 28.5 Å². The molecule has 0 bridgehead atoms. The molecule has 0 aliphatic heterocycles. The molecule has 3 nitrogen and oxygen atoms in total. The highest BCUT2D eigenvalue weighted by atomic mass is 28.3. The van der Waals surface area contributed by atoms with E-state index in [0.29, 0.717) is 6.23 Å². The maximum Gasteiger partial charge on any atom is 0.129 e. The van der Waals surface area contributed by atoms with Gasteiger partial charge >= 0.3 is 0 Å². The van der Waals surface area contributed by atoms with Gasteiger partial charge in [0.1, 0.15) is 25.3 Å². The van der Waals surface area contributed by atoms with Crippen molar-refractivity contribution in [2.45, 2.75) is 65.5 Å². The van der Waals surface area contributed by atoms with Crippen molar-refractivity contribution in [3.8, 4) is 17.2 Å². The summed E-state index contributed by atoms with van der Waals surface area (Å²) in [5.41, 5.74) is 2.75. The first-order valence-corrected chi connectivity index (χ1v) is 13.5. The van der Waals surface area contributed by atoms with Gasteiger partial charge in [0.05, 0.1) is 20.4 Å². The average molecular weight is 415 g/mol. The van der Waals surface area contributed by atoms with Crippen LogP contribution in [0.4, 0.5) is 0 Å². The highest BCUT2D eigenvalue weighted by Gasteiger charge is 2.30. The summed E-state index contributed by atoms with van der Waals surface area (Å²) >= 11 is 0. The van der Waals surface area contributed by atoms with Crippen molar-refractivity contribution < 1.29 is 14.2 Å². The third-order valence-corrected chi connectivity index (χ3v) is 8.09. The van der Waals surface area contributed by atoms with Crippen molar-refractivity contribution in [1.29, 1.82) is 0 Å². The standard InChI is InChI=1S/C25H38O3Si/c1-24(2,3)18-13-19(25(4,5)6)15-21(14-18)28-17-29(9,10)23-16-20(26-7)11-12-22(23)27-8/h11-16H,17H2,1-10H3. The van der Waals surface area contributed by atoms with E-state index < -0.39 is 8.07 Å². The van der Waals surface area contributed by atoms with E-state index in [1.165, 1.54) is 16.3 Å². The molecule has 2 aromatic carbocycles. The second kappa shape index (κ2) is 8.43. The molecule has 0 aromatic heterocycles. The largest absolute Gasteiger partial charge is 0.497 e. The molecule has 29 heavy (non-hydrogen) atoms. The van der Waals surface area contributed by atoms with Crippen LogP contribution in [0.25, 0.3) is 0 Å². The van der Waals surface area contributed by atoms with Gasteiger partial charge in [-0.15, -0.1) is 0 Å². The lowest BCUT2D eigenvalue weighted by Gasteiger charge is -2.28. The van der Waals surface area contributed by atoms with Gasteiger partial charge in [0.25, 0.3) is 0 Å². The van der Waals surface area contributed by atoms with Crippen LogP contribution in [0.15, 0.2) is 36.4 Å². The summed E-state index contributed by atoms with van der Waals surface area (Å²) in [7, 11) is 1.49. The Bertz CT molecular complexity index is 810. The summed E-state index contributed by atoms with van der Waals surface area (Å²) in [5, 5.41) is 1.21. The summed E-state index contributed by atoms with van der Waals surface area (Å²) in [5.74, 6) is 2.71. The monoisotopic (exact) mass is 414 g/mol. The molecule has 0 unspecified atom stereocenters. The molecule has 0 aliphatic carbocycles. The quantitative estimate of drug-likeness (QED) is 0.556. The van der Waals surface area contributed by atoms with E-state index in [9.17, 15) is 0 Å². The van der Waals surface area contributed by atoms with Crippen molar-refractivity contribution >= 4 is 13.3 Å². The molecule has 160 valence electrons. The van der Waals surface area contributed by atoms with Crippen molar-refractivity contribution in [2.75, 3.05) is 20.4 Å². The smallest absolute Gasteiger partial charge is 0.129 e. The Labute approximate surface area is 178 Å². The molecule has 0 N–H and O–H groups in total. The van der Waals surface area contributed by atoms with Gasteiger partial charge in [-0.3, -0.25) is 0 Å². The molecule has 0 saturated heterocycles. The van der Waals surface area contributed by atoms with E-state index in [1.807, 2.05) is 12.1 Å². The zero-order valence-electron chi connectivity index (χ0n) is 19.9. The Morgan fingerprint density at radius 1 is 0.724 bits per heavy atom. The van der Waals surface area contributed by atoms with E-state index in [-0.39, 0.29) is 10.8 Å².